The standard InChI is InChI=1S/C27H27F2N5O/c1-32(2)27(35)18-6-4-17(5-7-18)22-16-31-26-21(22)12-20(15-30-26)19-13-23(28)25(24(29)14-19)34-10-8-33(3)9-11-34/h4-7,12-16H,8-11H2,1-3H3,(H,30,31). The van der Waals surface area contributed by atoms with Crippen molar-refractivity contribution in [1.82, 2.24) is 19.8 Å². The van der Waals surface area contributed by atoms with E-state index < -0.39 is 11.6 Å². The first-order valence-electron chi connectivity index (χ1n) is 11.5. The van der Waals surface area contributed by atoms with Gasteiger partial charge in [0, 0.05) is 74.7 Å². The van der Waals surface area contributed by atoms with Crippen LogP contribution in [0.3, 0.4) is 0 Å². The lowest BCUT2D eigenvalue weighted by Crippen LogP contribution is -2.45. The van der Waals surface area contributed by atoms with Crippen molar-refractivity contribution in [1.29, 1.82) is 0 Å². The smallest absolute Gasteiger partial charge is 0.253 e. The molecule has 0 unspecified atom stereocenters. The van der Waals surface area contributed by atoms with Crippen LogP contribution in [-0.4, -0.2) is 73.0 Å². The lowest BCUT2D eigenvalue weighted by Gasteiger charge is -2.34. The maximum atomic E-state index is 15.1. The first-order chi connectivity index (χ1) is 16.8. The average molecular weight is 476 g/mol. The molecule has 2 aromatic heterocycles. The van der Waals surface area contributed by atoms with Gasteiger partial charge in [0.1, 0.15) is 23.0 Å². The Morgan fingerprint density at radius 2 is 1.60 bits per heavy atom. The van der Waals surface area contributed by atoms with Crippen LogP contribution in [0.5, 0.6) is 0 Å². The van der Waals surface area contributed by atoms with Crippen LogP contribution >= 0.6 is 0 Å². The van der Waals surface area contributed by atoms with E-state index in [9.17, 15) is 4.79 Å². The van der Waals surface area contributed by atoms with E-state index in [0.717, 1.165) is 29.6 Å². The Morgan fingerprint density at radius 3 is 2.23 bits per heavy atom. The number of fused-ring (bicyclic) bond motifs is 1. The minimum Gasteiger partial charge on any atom is -0.364 e. The number of likely N-dealkylation sites (N-methyl/N-ethyl adjacent to an activating group) is 1. The molecule has 4 aromatic rings. The SMILES string of the molecule is CN1CCN(c2c(F)cc(-c3cnc4[nH]cc(-c5ccc(C(=O)N(C)C)cc5)c4c3)cc2F)CC1. The maximum absolute atomic E-state index is 15.1. The Bertz CT molecular complexity index is 1370. The second-order valence-electron chi connectivity index (χ2n) is 9.18. The monoisotopic (exact) mass is 475 g/mol. The van der Waals surface area contributed by atoms with Crippen LogP contribution in [0, 0.1) is 11.6 Å². The molecule has 0 radical (unpaired) electrons. The number of carbonyl (C=O) groups is 1. The number of aromatic amines is 1. The number of piperazine rings is 1. The zero-order valence-corrected chi connectivity index (χ0v) is 20.0. The second-order valence-corrected chi connectivity index (χ2v) is 9.18. The van der Waals surface area contributed by atoms with Gasteiger partial charge >= 0.3 is 0 Å². The molecule has 0 bridgehead atoms. The summed E-state index contributed by atoms with van der Waals surface area (Å²) < 4.78 is 30.2. The minimum atomic E-state index is -0.569. The molecule has 1 amide bonds. The molecular weight excluding hydrogens is 448 g/mol. The van der Waals surface area contributed by atoms with Crippen molar-refractivity contribution in [3.63, 3.8) is 0 Å². The normalized spacial score (nSPS) is 14.5. The predicted molar refractivity (Wildman–Crippen MR) is 135 cm³/mol. The fourth-order valence-corrected chi connectivity index (χ4v) is 4.51. The number of pyridine rings is 1. The number of amides is 1. The summed E-state index contributed by atoms with van der Waals surface area (Å²) in [5.41, 5.74) is 4.18. The first kappa shape index (κ1) is 23.0. The summed E-state index contributed by atoms with van der Waals surface area (Å²) in [6.07, 6.45) is 3.47. The van der Waals surface area contributed by atoms with Gasteiger partial charge in [-0.15, -0.1) is 0 Å². The number of aromatic nitrogens is 2. The largest absolute Gasteiger partial charge is 0.364 e. The van der Waals surface area contributed by atoms with Crippen LogP contribution in [0.1, 0.15) is 10.4 Å². The Hall–Kier alpha value is -3.78. The summed E-state index contributed by atoms with van der Waals surface area (Å²) in [7, 11) is 5.43. The topological polar surface area (TPSA) is 55.5 Å². The van der Waals surface area contributed by atoms with Crippen molar-refractivity contribution in [3.05, 3.63) is 72.1 Å². The molecule has 8 heteroatoms. The van der Waals surface area contributed by atoms with Crippen molar-refractivity contribution < 1.29 is 13.6 Å². The van der Waals surface area contributed by atoms with Gasteiger partial charge in [-0.2, -0.15) is 0 Å². The molecule has 0 spiro atoms. The maximum Gasteiger partial charge on any atom is 0.253 e. The molecular formula is C27H27F2N5O. The molecule has 6 nitrogen and oxygen atoms in total. The number of nitrogens with one attached hydrogen (secondary N) is 1. The quantitative estimate of drug-likeness (QED) is 0.468. The number of halogens is 2. The van der Waals surface area contributed by atoms with Crippen LogP contribution in [0.4, 0.5) is 14.5 Å². The molecule has 180 valence electrons. The van der Waals surface area contributed by atoms with Gasteiger partial charge in [-0.25, -0.2) is 13.8 Å². The molecule has 0 saturated carbocycles. The summed E-state index contributed by atoms with van der Waals surface area (Å²) in [5.74, 6) is -1.20. The average Bonchev–Trinajstić information content (AvgIpc) is 3.27. The Balaban J connectivity index is 1.49. The molecule has 0 aliphatic carbocycles. The highest BCUT2D eigenvalue weighted by molar-refractivity contribution is 5.98. The molecule has 35 heavy (non-hydrogen) atoms. The van der Waals surface area contributed by atoms with Crippen LogP contribution in [0.25, 0.3) is 33.3 Å². The number of carbonyl (C=O) groups excluding carboxylic acids is 1. The van der Waals surface area contributed by atoms with Gasteiger partial charge in [-0.05, 0) is 48.5 Å². The summed E-state index contributed by atoms with van der Waals surface area (Å²) in [4.78, 5) is 25.3. The lowest BCUT2D eigenvalue weighted by atomic mass is 10.0. The molecule has 1 fully saturated rings. The van der Waals surface area contributed by atoms with E-state index in [1.54, 1.807) is 37.3 Å². The van der Waals surface area contributed by atoms with E-state index in [2.05, 4.69) is 14.9 Å². The van der Waals surface area contributed by atoms with Crippen LogP contribution in [0.2, 0.25) is 0 Å². The van der Waals surface area contributed by atoms with Crippen LogP contribution < -0.4 is 4.90 Å². The number of hydrogen-bond donors (Lipinski definition) is 1. The predicted octanol–water partition coefficient (Wildman–Crippen LogP) is 4.63. The Morgan fingerprint density at radius 1 is 0.943 bits per heavy atom. The van der Waals surface area contributed by atoms with Gasteiger partial charge in [0.15, 0.2) is 0 Å². The number of anilines is 1. The molecule has 1 N–H and O–H groups in total. The molecule has 1 aliphatic rings. The van der Waals surface area contributed by atoms with E-state index in [1.165, 1.54) is 17.0 Å². The van der Waals surface area contributed by atoms with E-state index >= 15 is 8.78 Å². The zero-order valence-electron chi connectivity index (χ0n) is 20.0. The van der Waals surface area contributed by atoms with E-state index in [4.69, 9.17) is 0 Å². The third-order valence-electron chi connectivity index (χ3n) is 6.55. The zero-order chi connectivity index (χ0) is 24.7. The summed E-state index contributed by atoms with van der Waals surface area (Å²) in [6, 6.07) is 12.0. The van der Waals surface area contributed by atoms with Gasteiger partial charge in [0.25, 0.3) is 5.91 Å². The number of hydrogen-bond acceptors (Lipinski definition) is 4. The Kier molecular flexibility index (Phi) is 5.98. The highest BCUT2D eigenvalue weighted by Gasteiger charge is 2.22. The van der Waals surface area contributed by atoms with E-state index in [-0.39, 0.29) is 11.6 Å². The molecule has 0 atom stereocenters. The highest BCUT2D eigenvalue weighted by atomic mass is 19.1. The number of benzene rings is 2. The van der Waals surface area contributed by atoms with Gasteiger partial charge in [0.05, 0.1) is 0 Å². The van der Waals surface area contributed by atoms with Crippen LogP contribution in [0.15, 0.2) is 54.9 Å². The van der Waals surface area contributed by atoms with Gasteiger partial charge in [-0.1, -0.05) is 12.1 Å². The number of nitrogens with zero attached hydrogens (tertiary/aromatic N) is 4. The third-order valence-corrected chi connectivity index (χ3v) is 6.55. The molecule has 1 aliphatic heterocycles. The molecule has 5 rings (SSSR count). The summed E-state index contributed by atoms with van der Waals surface area (Å²) >= 11 is 0. The van der Waals surface area contributed by atoms with Gasteiger partial charge in [-0.3, -0.25) is 4.79 Å². The van der Waals surface area contributed by atoms with Gasteiger partial charge < -0.3 is 19.7 Å². The minimum absolute atomic E-state index is 0.0329. The molecule has 3 heterocycles. The first-order valence-corrected chi connectivity index (χ1v) is 11.5. The van der Waals surface area contributed by atoms with Crippen LogP contribution in [-0.2, 0) is 0 Å². The molecule has 1 saturated heterocycles. The summed E-state index contributed by atoms with van der Waals surface area (Å²) in [5, 5.41) is 0.832. The summed E-state index contributed by atoms with van der Waals surface area (Å²) in [6.45, 7) is 2.70. The van der Waals surface area contributed by atoms with Crippen molar-refractivity contribution in [2.24, 2.45) is 0 Å². The highest BCUT2D eigenvalue weighted by Crippen LogP contribution is 2.34. The fraction of sp³-hybridized carbons (Fsp3) is 0.259. The van der Waals surface area contributed by atoms with Crippen molar-refractivity contribution in [2.45, 2.75) is 0 Å². The fourth-order valence-electron chi connectivity index (χ4n) is 4.51. The third kappa shape index (κ3) is 4.37. The van der Waals surface area contributed by atoms with E-state index in [1.807, 2.05) is 31.4 Å². The van der Waals surface area contributed by atoms with Crippen molar-refractivity contribution in [2.75, 3.05) is 52.2 Å². The number of H-pyrrole nitrogens is 1. The van der Waals surface area contributed by atoms with Crippen molar-refractivity contribution in [3.8, 4) is 22.3 Å². The number of rotatable bonds is 4. The second kappa shape index (κ2) is 9.11. The Labute approximate surface area is 202 Å². The van der Waals surface area contributed by atoms with Gasteiger partial charge in [0.2, 0.25) is 0 Å². The lowest BCUT2D eigenvalue weighted by molar-refractivity contribution is 0.0827. The van der Waals surface area contributed by atoms with E-state index in [0.29, 0.717) is 35.4 Å². The van der Waals surface area contributed by atoms with Crippen molar-refractivity contribution >= 4 is 22.6 Å². The molecule has 2 aromatic carbocycles.